The van der Waals surface area contributed by atoms with Crippen LogP contribution in [-0.2, 0) is 0 Å². The van der Waals surface area contributed by atoms with Gasteiger partial charge in [-0.25, -0.2) is 58.0 Å². The number of nitrogens with zero attached hydrogens (tertiary/aromatic N) is 14. The molecule has 0 unspecified atom stereocenters. The number of rotatable bonds is 9. The Kier molecular flexibility index (Phi) is 13.8. The van der Waals surface area contributed by atoms with Crippen molar-refractivity contribution in [3.63, 3.8) is 0 Å². The molecule has 6 N–H and O–H groups in total. The van der Waals surface area contributed by atoms with Crippen LogP contribution in [0.5, 0.6) is 0 Å². The Hall–Kier alpha value is -8.45. The van der Waals surface area contributed by atoms with E-state index in [1.54, 1.807) is 22.9 Å². The van der Waals surface area contributed by atoms with Crippen LogP contribution in [0.2, 0.25) is 5.15 Å². The third-order valence-electron chi connectivity index (χ3n) is 11.8. The fourth-order valence-corrected chi connectivity index (χ4v) is 7.46. The lowest BCUT2D eigenvalue weighted by Gasteiger charge is -2.27. The second-order valence-electron chi connectivity index (χ2n) is 16.7. The molecule has 3 saturated carbocycles. The van der Waals surface area contributed by atoms with E-state index in [-0.39, 0.29) is 40.2 Å². The quantitative estimate of drug-likeness (QED) is 0.0601. The Morgan fingerprint density at radius 1 is 0.549 bits per heavy atom. The molecule has 0 amide bonds. The number of hydrogen-bond acceptors (Lipinski definition) is 17. The van der Waals surface area contributed by atoms with Gasteiger partial charge in [0.25, 0.3) is 0 Å². The summed E-state index contributed by atoms with van der Waals surface area (Å²) in [5.74, 6) is 0.437. The highest BCUT2D eigenvalue weighted by molar-refractivity contribution is 6.31. The first kappa shape index (κ1) is 47.6. The standard InChI is InChI=1S/C15H13FN6O2.C15H15FN6.C11H5ClFN5O2.C4H9N/c16-9-4-5-13-17-6-11(21(13)8-9)14-18-7-12(22(23)24)15(20-14)19-10-2-1-3-10;16-9-4-5-13-18-7-12(22(13)8-9)15-19-6-11(17)14(21-15)20-10-2-1-3-10;12-10-7(18(19)20)3-15-11(16-10)8-4-14-9-2-1-6(13)5-17(8)9;5-4-2-1-3-4/h4-8,10H,1-3H2,(H,18,19,20);4-8,10H,1-3,17H2,(H,19,20,21);1-5H;4H,1-3,5H2. The molecule has 0 saturated heterocycles. The Bertz CT molecular complexity index is 3410. The number of imidazole rings is 3. The highest BCUT2D eigenvalue weighted by Gasteiger charge is 2.25. The average Bonchev–Trinajstić information content (AvgIpc) is 4.06. The molecule has 3 aliphatic rings. The third-order valence-corrected chi connectivity index (χ3v) is 12.1. The van der Waals surface area contributed by atoms with Crippen LogP contribution in [0.25, 0.3) is 51.5 Å². The summed E-state index contributed by atoms with van der Waals surface area (Å²) in [6.07, 6.45) is 22.6. The van der Waals surface area contributed by atoms with E-state index in [0.29, 0.717) is 63.4 Å². The molecule has 0 aliphatic heterocycles. The predicted molar refractivity (Wildman–Crippen MR) is 256 cm³/mol. The summed E-state index contributed by atoms with van der Waals surface area (Å²) in [6.45, 7) is 0. The Morgan fingerprint density at radius 3 is 1.31 bits per heavy atom. The molecule has 71 heavy (non-hydrogen) atoms. The molecule has 0 radical (unpaired) electrons. The molecule has 3 fully saturated rings. The summed E-state index contributed by atoms with van der Waals surface area (Å²) in [5.41, 5.74) is 14.4. The lowest BCUT2D eigenvalue weighted by molar-refractivity contribution is -0.385. The van der Waals surface area contributed by atoms with Crippen molar-refractivity contribution in [3.8, 4) is 34.6 Å². The Morgan fingerprint density at radius 2 is 0.930 bits per heavy atom. The molecule has 3 aliphatic carbocycles. The first-order valence-corrected chi connectivity index (χ1v) is 22.6. The maximum atomic E-state index is 13.5. The molecule has 26 heteroatoms. The molecule has 0 atom stereocenters. The molecule has 9 aromatic rings. The first-order valence-electron chi connectivity index (χ1n) is 22.3. The minimum atomic E-state index is -0.680. The average molecular weight is 991 g/mol. The van der Waals surface area contributed by atoms with Crippen LogP contribution in [0.1, 0.15) is 57.8 Å². The van der Waals surface area contributed by atoms with Crippen molar-refractivity contribution >= 4 is 57.2 Å². The largest absolute Gasteiger partial charge is 0.394 e. The van der Waals surface area contributed by atoms with Crippen LogP contribution >= 0.6 is 11.6 Å². The molecular formula is C45H42ClF3N18O4. The second kappa shape index (κ2) is 20.6. The van der Waals surface area contributed by atoms with Gasteiger partial charge in [-0.2, -0.15) is 0 Å². The number of nitrogen functional groups attached to an aromatic ring is 1. The summed E-state index contributed by atoms with van der Waals surface area (Å²) in [5, 5.41) is 28.0. The number of nitrogens with two attached hydrogens (primary N) is 2. The van der Waals surface area contributed by atoms with Crippen LogP contribution in [0, 0.1) is 37.7 Å². The maximum absolute atomic E-state index is 13.5. The van der Waals surface area contributed by atoms with E-state index < -0.39 is 27.2 Å². The summed E-state index contributed by atoms with van der Waals surface area (Å²) >= 11 is 5.73. The molecule has 0 spiro atoms. The van der Waals surface area contributed by atoms with Gasteiger partial charge in [0.1, 0.15) is 63.9 Å². The lowest BCUT2D eigenvalue weighted by Crippen LogP contribution is -2.28. The second-order valence-corrected chi connectivity index (χ2v) is 17.1. The predicted octanol–water partition coefficient (Wildman–Crippen LogP) is 8.27. The van der Waals surface area contributed by atoms with Gasteiger partial charge in [-0.1, -0.05) is 18.0 Å². The monoisotopic (exact) mass is 990 g/mol. The van der Waals surface area contributed by atoms with Gasteiger partial charge in [-0.3, -0.25) is 33.4 Å². The summed E-state index contributed by atoms with van der Waals surface area (Å²) in [6, 6.07) is 9.78. The maximum Gasteiger partial charge on any atom is 0.329 e. The summed E-state index contributed by atoms with van der Waals surface area (Å²) < 4.78 is 44.8. The minimum Gasteiger partial charge on any atom is -0.394 e. The van der Waals surface area contributed by atoms with E-state index in [9.17, 15) is 33.4 Å². The van der Waals surface area contributed by atoms with Crippen LogP contribution in [0.15, 0.2) is 92.2 Å². The van der Waals surface area contributed by atoms with Crippen molar-refractivity contribution in [1.82, 2.24) is 58.1 Å². The highest BCUT2D eigenvalue weighted by atomic mass is 35.5. The molecule has 12 rings (SSSR count). The van der Waals surface area contributed by atoms with Gasteiger partial charge in [0.2, 0.25) is 11.0 Å². The van der Waals surface area contributed by atoms with Crippen LogP contribution < -0.4 is 22.1 Å². The number of aromatic nitrogens is 12. The number of nitrogens with one attached hydrogen (secondary N) is 2. The van der Waals surface area contributed by atoms with Gasteiger partial charge >= 0.3 is 11.4 Å². The molecule has 9 aromatic heterocycles. The number of fused-ring (bicyclic) bond motifs is 3. The van der Waals surface area contributed by atoms with E-state index in [4.69, 9.17) is 23.1 Å². The van der Waals surface area contributed by atoms with Gasteiger partial charge in [0.05, 0.1) is 40.3 Å². The number of nitro groups is 2. The van der Waals surface area contributed by atoms with Crippen molar-refractivity contribution in [1.29, 1.82) is 0 Å². The fraction of sp³-hybridized carbons (Fsp3) is 0.267. The van der Waals surface area contributed by atoms with E-state index >= 15 is 0 Å². The SMILES string of the molecule is NC1CCC1.Nc1cnc(-c2cnc3ccc(F)cn23)nc1NC1CCC1.O=[N+]([O-])c1cnc(-c2cnc3ccc(F)cn23)nc1Cl.O=[N+]([O-])c1cnc(-c2cnc3ccc(F)cn23)nc1NC1CCC1. The van der Waals surface area contributed by atoms with Crippen LogP contribution in [-0.4, -0.2) is 86.0 Å². The molecule has 364 valence electrons. The van der Waals surface area contributed by atoms with Gasteiger partial charge in [-0.05, 0) is 87.8 Å². The van der Waals surface area contributed by atoms with E-state index in [0.717, 1.165) is 38.3 Å². The van der Waals surface area contributed by atoms with Crippen LogP contribution in [0.4, 0.5) is 41.9 Å². The number of anilines is 3. The van der Waals surface area contributed by atoms with Gasteiger partial charge in [0.15, 0.2) is 23.3 Å². The molecule has 22 nitrogen and oxygen atoms in total. The number of hydrogen-bond donors (Lipinski definition) is 4. The molecular weight excluding hydrogens is 949 g/mol. The van der Waals surface area contributed by atoms with Crippen molar-refractivity contribution in [2.45, 2.75) is 75.9 Å². The molecule has 0 aromatic carbocycles. The Balaban J connectivity index is 0.000000126. The summed E-state index contributed by atoms with van der Waals surface area (Å²) in [7, 11) is 0. The number of pyridine rings is 3. The molecule has 9 heterocycles. The van der Waals surface area contributed by atoms with E-state index in [1.807, 2.05) is 0 Å². The van der Waals surface area contributed by atoms with Gasteiger partial charge < -0.3 is 22.1 Å². The zero-order valence-electron chi connectivity index (χ0n) is 37.3. The van der Waals surface area contributed by atoms with Crippen molar-refractivity contribution in [3.05, 3.63) is 135 Å². The highest BCUT2D eigenvalue weighted by Crippen LogP contribution is 2.31. The normalized spacial score (nSPS) is 14.4. The first-order chi connectivity index (χ1) is 34.3. The van der Waals surface area contributed by atoms with Gasteiger partial charge in [0, 0.05) is 36.7 Å². The van der Waals surface area contributed by atoms with E-state index in [1.165, 1.54) is 102 Å². The smallest absolute Gasteiger partial charge is 0.329 e. The van der Waals surface area contributed by atoms with Crippen molar-refractivity contribution < 1.29 is 23.0 Å². The number of halogens is 4. The molecule has 0 bridgehead atoms. The third kappa shape index (κ3) is 10.7. The van der Waals surface area contributed by atoms with E-state index in [2.05, 4.69) is 55.5 Å². The Labute approximate surface area is 404 Å². The summed E-state index contributed by atoms with van der Waals surface area (Å²) in [4.78, 5) is 57.9. The lowest BCUT2D eigenvalue weighted by atomic mass is 9.93. The minimum absolute atomic E-state index is 0.124. The zero-order chi connectivity index (χ0) is 49.8. The van der Waals surface area contributed by atoms with Crippen molar-refractivity contribution in [2.75, 3.05) is 16.4 Å². The topological polar surface area (TPSA) is 292 Å². The zero-order valence-corrected chi connectivity index (χ0v) is 38.1. The van der Waals surface area contributed by atoms with Crippen LogP contribution in [0.3, 0.4) is 0 Å². The van der Waals surface area contributed by atoms with Crippen molar-refractivity contribution in [2.24, 2.45) is 5.73 Å². The van der Waals surface area contributed by atoms with Gasteiger partial charge in [-0.15, -0.1) is 0 Å². The fourth-order valence-electron chi connectivity index (χ4n) is 7.26.